The molecule has 1 aliphatic carbocycles. The zero-order valence-corrected chi connectivity index (χ0v) is 14.0. The molecule has 1 rings (SSSR count). The number of aliphatic hydroxyl groups excluding tert-OH is 2. The molecule has 1 fully saturated rings. The molecule has 0 aromatic rings. The highest BCUT2D eigenvalue weighted by Gasteiger charge is 2.39. The molecule has 0 amide bonds. The predicted octanol–water partition coefficient (Wildman–Crippen LogP) is 2.69. The monoisotopic (exact) mass is 326 g/mol. The van der Waals surface area contributed by atoms with Gasteiger partial charge in [-0.3, -0.25) is 9.59 Å². The Bertz CT molecular complexity index is 404. The van der Waals surface area contributed by atoms with Gasteiger partial charge in [0.1, 0.15) is 5.78 Å². The van der Waals surface area contributed by atoms with Crippen LogP contribution in [-0.4, -0.2) is 39.3 Å². The van der Waals surface area contributed by atoms with Crippen molar-refractivity contribution in [1.29, 1.82) is 0 Å². The van der Waals surface area contributed by atoms with Crippen LogP contribution in [0.3, 0.4) is 0 Å². The summed E-state index contributed by atoms with van der Waals surface area (Å²) in [5.41, 5.74) is 0. The van der Waals surface area contributed by atoms with Gasteiger partial charge in [0, 0.05) is 24.7 Å². The molecule has 23 heavy (non-hydrogen) atoms. The number of hydrogen-bond donors (Lipinski definition) is 3. The van der Waals surface area contributed by atoms with E-state index in [0.717, 1.165) is 32.1 Å². The SMILES string of the molecule is CC[C@H](O)/C=C/[C@@H]1[C@H](O)CC(=O)[C@@H]1CCCCCCCC(=O)O. The molecule has 1 saturated carbocycles. The highest BCUT2D eigenvalue weighted by atomic mass is 16.4. The van der Waals surface area contributed by atoms with Gasteiger partial charge in [-0.1, -0.05) is 44.8 Å². The first-order valence-corrected chi connectivity index (χ1v) is 8.74. The Morgan fingerprint density at radius 3 is 2.57 bits per heavy atom. The number of Topliss-reactive ketones (excluding diaryl/α,β-unsaturated/α-hetero) is 1. The Balaban J connectivity index is 2.33. The molecular formula is C18H30O5. The Labute approximate surface area is 138 Å². The van der Waals surface area contributed by atoms with Crippen LogP contribution in [0, 0.1) is 11.8 Å². The molecule has 4 atom stereocenters. The maximum absolute atomic E-state index is 12.0. The van der Waals surface area contributed by atoms with Crippen molar-refractivity contribution in [3.8, 4) is 0 Å². The summed E-state index contributed by atoms with van der Waals surface area (Å²) in [6.45, 7) is 1.88. The van der Waals surface area contributed by atoms with Crippen LogP contribution in [-0.2, 0) is 9.59 Å². The molecule has 5 nitrogen and oxygen atoms in total. The fraction of sp³-hybridized carbons (Fsp3) is 0.778. The molecule has 132 valence electrons. The number of aliphatic carboxylic acids is 1. The number of aliphatic hydroxyl groups is 2. The smallest absolute Gasteiger partial charge is 0.303 e. The average molecular weight is 326 g/mol. The van der Waals surface area contributed by atoms with E-state index in [2.05, 4.69) is 0 Å². The van der Waals surface area contributed by atoms with Crippen LogP contribution in [0.2, 0.25) is 0 Å². The third-order valence-corrected chi connectivity index (χ3v) is 4.61. The van der Waals surface area contributed by atoms with Gasteiger partial charge >= 0.3 is 5.97 Å². The van der Waals surface area contributed by atoms with Gasteiger partial charge in [-0.25, -0.2) is 0 Å². The van der Waals surface area contributed by atoms with Gasteiger partial charge in [0.15, 0.2) is 0 Å². The topological polar surface area (TPSA) is 94.8 Å². The molecule has 3 N–H and O–H groups in total. The summed E-state index contributed by atoms with van der Waals surface area (Å²) in [6.07, 6.45) is 8.62. The molecule has 0 aromatic heterocycles. The van der Waals surface area contributed by atoms with Crippen LogP contribution in [0.1, 0.15) is 64.7 Å². The molecule has 0 radical (unpaired) electrons. The van der Waals surface area contributed by atoms with Gasteiger partial charge in [-0.2, -0.15) is 0 Å². The largest absolute Gasteiger partial charge is 0.481 e. The van der Waals surface area contributed by atoms with Crippen LogP contribution >= 0.6 is 0 Å². The number of rotatable bonds is 11. The van der Waals surface area contributed by atoms with Crippen LogP contribution in [0.4, 0.5) is 0 Å². The lowest BCUT2D eigenvalue weighted by atomic mass is 9.88. The summed E-state index contributed by atoms with van der Waals surface area (Å²) in [6, 6.07) is 0. The van der Waals surface area contributed by atoms with Gasteiger partial charge in [0.2, 0.25) is 0 Å². The molecule has 0 unspecified atom stereocenters. The summed E-state index contributed by atoms with van der Waals surface area (Å²) < 4.78 is 0. The number of carbonyl (C=O) groups excluding carboxylic acids is 1. The normalized spacial score (nSPS) is 26.0. The second-order valence-electron chi connectivity index (χ2n) is 6.48. The van der Waals surface area contributed by atoms with Crippen molar-refractivity contribution in [3.63, 3.8) is 0 Å². The fourth-order valence-electron chi connectivity index (χ4n) is 3.16. The Morgan fingerprint density at radius 2 is 1.91 bits per heavy atom. The average Bonchev–Trinajstić information content (AvgIpc) is 2.77. The van der Waals surface area contributed by atoms with Crippen molar-refractivity contribution in [3.05, 3.63) is 12.2 Å². The van der Waals surface area contributed by atoms with E-state index in [0.29, 0.717) is 12.8 Å². The maximum Gasteiger partial charge on any atom is 0.303 e. The van der Waals surface area contributed by atoms with Gasteiger partial charge in [0.25, 0.3) is 0 Å². The molecule has 0 aliphatic heterocycles. The second-order valence-corrected chi connectivity index (χ2v) is 6.48. The second kappa shape index (κ2) is 10.6. The predicted molar refractivity (Wildman–Crippen MR) is 88.0 cm³/mol. The molecule has 0 saturated heterocycles. The molecule has 0 heterocycles. The summed E-state index contributed by atoms with van der Waals surface area (Å²) in [7, 11) is 0. The fourth-order valence-corrected chi connectivity index (χ4v) is 3.16. The van der Waals surface area contributed by atoms with Gasteiger partial charge < -0.3 is 15.3 Å². The number of hydrogen-bond acceptors (Lipinski definition) is 4. The van der Waals surface area contributed by atoms with Crippen LogP contribution in [0.15, 0.2) is 12.2 Å². The number of unbranched alkanes of at least 4 members (excludes halogenated alkanes) is 4. The standard InChI is InChI=1S/C18H30O5/c1-2-13(19)10-11-15-14(16(20)12-17(15)21)8-6-4-3-5-7-9-18(22)23/h10-11,13-15,17,19,21H,2-9,12H2,1H3,(H,22,23)/b11-10+/t13-,14+,15-,17+/m0/s1. The number of carboxylic acid groups (broad SMARTS) is 1. The van der Waals surface area contributed by atoms with E-state index in [1.807, 2.05) is 6.92 Å². The molecule has 0 bridgehead atoms. The lowest BCUT2D eigenvalue weighted by Gasteiger charge is -2.17. The van der Waals surface area contributed by atoms with E-state index < -0.39 is 18.2 Å². The third-order valence-electron chi connectivity index (χ3n) is 4.61. The first-order chi connectivity index (χ1) is 11.0. The molecule has 0 spiro atoms. The van der Waals surface area contributed by atoms with Crippen molar-refractivity contribution in [2.24, 2.45) is 11.8 Å². The minimum atomic E-state index is -0.751. The van der Waals surface area contributed by atoms with Crippen molar-refractivity contribution < 1.29 is 24.9 Å². The highest BCUT2D eigenvalue weighted by molar-refractivity contribution is 5.84. The summed E-state index contributed by atoms with van der Waals surface area (Å²) >= 11 is 0. The van der Waals surface area contributed by atoms with E-state index in [9.17, 15) is 19.8 Å². The van der Waals surface area contributed by atoms with E-state index >= 15 is 0 Å². The summed E-state index contributed by atoms with van der Waals surface area (Å²) in [5, 5.41) is 28.2. The van der Waals surface area contributed by atoms with Crippen molar-refractivity contribution >= 4 is 11.8 Å². The van der Waals surface area contributed by atoms with Gasteiger partial charge in [-0.15, -0.1) is 0 Å². The minimum Gasteiger partial charge on any atom is -0.481 e. The quantitative estimate of drug-likeness (QED) is 0.401. The van der Waals surface area contributed by atoms with Crippen LogP contribution in [0.5, 0.6) is 0 Å². The zero-order valence-electron chi connectivity index (χ0n) is 14.0. The number of ketones is 1. The Morgan fingerprint density at radius 1 is 1.26 bits per heavy atom. The summed E-state index contributed by atoms with van der Waals surface area (Å²) in [5.74, 6) is -0.969. The first kappa shape index (κ1) is 19.8. The number of carboxylic acids is 1. The van der Waals surface area contributed by atoms with Crippen molar-refractivity contribution in [2.75, 3.05) is 0 Å². The third kappa shape index (κ3) is 7.27. The molecule has 1 aliphatic rings. The number of carbonyl (C=O) groups is 2. The van der Waals surface area contributed by atoms with Crippen molar-refractivity contribution in [2.45, 2.75) is 76.9 Å². The van der Waals surface area contributed by atoms with Gasteiger partial charge in [-0.05, 0) is 19.3 Å². The molecule has 0 aromatic carbocycles. The summed E-state index contributed by atoms with van der Waals surface area (Å²) in [4.78, 5) is 22.4. The zero-order chi connectivity index (χ0) is 17.2. The first-order valence-electron chi connectivity index (χ1n) is 8.74. The Hall–Kier alpha value is -1.20. The van der Waals surface area contributed by atoms with Gasteiger partial charge in [0.05, 0.1) is 12.2 Å². The van der Waals surface area contributed by atoms with Crippen molar-refractivity contribution in [1.82, 2.24) is 0 Å². The lowest BCUT2D eigenvalue weighted by molar-refractivity contribution is -0.137. The Kier molecular flexibility index (Phi) is 9.10. The molecular weight excluding hydrogens is 296 g/mol. The van der Waals surface area contributed by atoms with Crippen LogP contribution < -0.4 is 0 Å². The van der Waals surface area contributed by atoms with E-state index in [4.69, 9.17) is 5.11 Å². The van der Waals surface area contributed by atoms with E-state index in [1.165, 1.54) is 0 Å². The minimum absolute atomic E-state index is 0.115. The highest BCUT2D eigenvalue weighted by Crippen LogP contribution is 2.34. The van der Waals surface area contributed by atoms with E-state index in [1.54, 1.807) is 12.2 Å². The van der Waals surface area contributed by atoms with Crippen LogP contribution in [0.25, 0.3) is 0 Å². The molecule has 5 heteroatoms. The lowest BCUT2D eigenvalue weighted by Crippen LogP contribution is -2.19. The van der Waals surface area contributed by atoms with E-state index in [-0.39, 0.29) is 30.5 Å². The maximum atomic E-state index is 12.0.